The van der Waals surface area contributed by atoms with Crippen molar-refractivity contribution in [1.29, 1.82) is 0 Å². The van der Waals surface area contributed by atoms with E-state index in [1.807, 2.05) is 25.1 Å². The van der Waals surface area contributed by atoms with E-state index in [4.69, 9.17) is 10.5 Å². The first kappa shape index (κ1) is 13.2. The number of rotatable bonds is 4. The highest BCUT2D eigenvalue weighted by Gasteiger charge is 2.28. The lowest BCUT2D eigenvalue weighted by molar-refractivity contribution is -0.0399. The summed E-state index contributed by atoms with van der Waals surface area (Å²) in [6.45, 7) is 9.11. The van der Waals surface area contributed by atoms with Gasteiger partial charge in [-0.1, -0.05) is 51.1 Å². The topological polar surface area (TPSA) is 35.2 Å². The zero-order chi connectivity index (χ0) is 12.2. The smallest absolute Gasteiger partial charge is 0.0775 e. The third kappa shape index (κ3) is 3.95. The summed E-state index contributed by atoms with van der Waals surface area (Å²) in [5.74, 6) is 0. The molecule has 0 saturated heterocycles. The monoisotopic (exact) mass is 221 g/mol. The highest BCUT2D eigenvalue weighted by molar-refractivity contribution is 5.13. The zero-order valence-electron chi connectivity index (χ0n) is 10.7. The maximum Gasteiger partial charge on any atom is 0.0775 e. The molecule has 1 aromatic rings. The molecule has 2 atom stereocenters. The summed E-state index contributed by atoms with van der Waals surface area (Å²) in [6.07, 6.45) is 0.0766. The molecule has 0 aliphatic carbocycles. The van der Waals surface area contributed by atoms with E-state index in [2.05, 4.69) is 32.9 Å². The van der Waals surface area contributed by atoms with Crippen LogP contribution in [0.5, 0.6) is 0 Å². The summed E-state index contributed by atoms with van der Waals surface area (Å²) in [7, 11) is 0. The van der Waals surface area contributed by atoms with Crippen molar-refractivity contribution in [3.05, 3.63) is 35.9 Å². The average Bonchev–Trinajstić information content (AvgIpc) is 2.17. The summed E-state index contributed by atoms with van der Waals surface area (Å²) in [5.41, 5.74) is 7.23. The van der Waals surface area contributed by atoms with Gasteiger partial charge in [0.1, 0.15) is 0 Å². The normalized spacial score (nSPS) is 15.8. The van der Waals surface area contributed by atoms with Crippen LogP contribution in [0.1, 0.15) is 33.3 Å². The van der Waals surface area contributed by atoms with Crippen molar-refractivity contribution in [2.24, 2.45) is 11.1 Å². The highest BCUT2D eigenvalue weighted by Crippen LogP contribution is 2.25. The largest absolute Gasteiger partial charge is 0.371 e. The minimum Gasteiger partial charge on any atom is -0.371 e. The second kappa shape index (κ2) is 5.46. The lowest BCUT2D eigenvalue weighted by atomic mass is 9.85. The van der Waals surface area contributed by atoms with Crippen molar-refractivity contribution in [1.82, 2.24) is 0 Å². The third-order valence-electron chi connectivity index (χ3n) is 2.60. The summed E-state index contributed by atoms with van der Waals surface area (Å²) in [5, 5.41) is 0. The van der Waals surface area contributed by atoms with Crippen molar-refractivity contribution in [3.8, 4) is 0 Å². The van der Waals surface area contributed by atoms with Gasteiger partial charge in [0, 0.05) is 6.04 Å². The Morgan fingerprint density at radius 3 is 2.19 bits per heavy atom. The summed E-state index contributed by atoms with van der Waals surface area (Å²) >= 11 is 0. The second-order valence-corrected chi connectivity index (χ2v) is 5.44. The van der Waals surface area contributed by atoms with Crippen LogP contribution in [-0.2, 0) is 11.3 Å². The van der Waals surface area contributed by atoms with Gasteiger partial charge in [0.25, 0.3) is 0 Å². The molecule has 2 heteroatoms. The van der Waals surface area contributed by atoms with E-state index >= 15 is 0 Å². The van der Waals surface area contributed by atoms with E-state index in [1.165, 1.54) is 5.56 Å². The van der Waals surface area contributed by atoms with Gasteiger partial charge >= 0.3 is 0 Å². The van der Waals surface area contributed by atoms with Gasteiger partial charge in [0.05, 0.1) is 12.7 Å². The van der Waals surface area contributed by atoms with E-state index in [1.54, 1.807) is 0 Å². The van der Waals surface area contributed by atoms with Crippen molar-refractivity contribution in [3.63, 3.8) is 0 Å². The Balaban J connectivity index is 2.58. The van der Waals surface area contributed by atoms with Gasteiger partial charge in [0.2, 0.25) is 0 Å². The number of benzene rings is 1. The van der Waals surface area contributed by atoms with Crippen LogP contribution < -0.4 is 5.73 Å². The molecule has 0 amide bonds. The fourth-order valence-corrected chi connectivity index (χ4v) is 1.95. The van der Waals surface area contributed by atoms with Gasteiger partial charge in [-0.05, 0) is 17.9 Å². The second-order valence-electron chi connectivity index (χ2n) is 5.44. The van der Waals surface area contributed by atoms with Crippen LogP contribution in [0.15, 0.2) is 30.3 Å². The van der Waals surface area contributed by atoms with Crippen LogP contribution in [-0.4, -0.2) is 12.1 Å². The molecule has 90 valence electrons. The SMILES string of the molecule is CC(N)C(OCc1ccccc1)C(C)(C)C. The molecule has 0 bridgehead atoms. The van der Waals surface area contributed by atoms with Gasteiger partial charge in [-0.25, -0.2) is 0 Å². The molecule has 2 nitrogen and oxygen atoms in total. The average molecular weight is 221 g/mol. The van der Waals surface area contributed by atoms with Crippen molar-refractivity contribution in [2.75, 3.05) is 0 Å². The summed E-state index contributed by atoms with van der Waals surface area (Å²) in [4.78, 5) is 0. The molecule has 16 heavy (non-hydrogen) atoms. The number of ether oxygens (including phenoxy) is 1. The van der Waals surface area contributed by atoms with E-state index < -0.39 is 0 Å². The fraction of sp³-hybridized carbons (Fsp3) is 0.571. The standard InChI is InChI=1S/C14H23NO/c1-11(15)13(14(2,3)4)16-10-12-8-6-5-7-9-12/h5-9,11,13H,10,15H2,1-4H3. The van der Waals surface area contributed by atoms with Crippen molar-refractivity contribution in [2.45, 2.75) is 46.4 Å². The molecule has 1 aromatic carbocycles. The van der Waals surface area contributed by atoms with Gasteiger partial charge in [-0.3, -0.25) is 0 Å². The molecular formula is C14H23NO. The molecule has 0 spiro atoms. The van der Waals surface area contributed by atoms with Gasteiger partial charge in [-0.2, -0.15) is 0 Å². The molecule has 0 radical (unpaired) electrons. The van der Waals surface area contributed by atoms with Crippen LogP contribution in [0, 0.1) is 5.41 Å². The Morgan fingerprint density at radius 2 is 1.75 bits per heavy atom. The Morgan fingerprint density at radius 1 is 1.19 bits per heavy atom. The lowest BCUT2D eigenvalue weighted by Gasteiger charge is -2.33. The zero-order valence-corrected chi connectivity index (χ0v) is 10.7. The van der Waals surface area contributed by atoms with Crippen LogP contribution >= 0.6 is 0 Å². The lowest BCUT2D eigenvalue weighted by Crippen LogP contribution is -2.43. The molecule has 1 rings (SSSR count). The predicted molar refractivity (Wildman–Crippen MR) is 68.1 cm³/mol. The Bertz CT molecular complexity index is 300. The fourth-order valence-electron chi connectivity index (χ4n) is 1.95. The van der Waals surface area contributed by atoms with Crippen LogP contribution in [0.4, 0.5) is 0 Å². The van der Waals surface area contributed by atoms with Crippen LogP contribution in [0.2, 0.25) is 0 Å². The molecule has 0 saturated carbocycles. The number of hydrogen-bond donors (Lipinski definition) is 1. The first-order chi connectivity index (χ1) is 7.41. The van der Waals surface area contributed by atoms with Crippen LogP contribution in [0.3, 0.4) is 0 Å². The first-order valence-corrected chi connectivity index (χ1v) is 5.82. The van der Waals surface area contributed by atoms with Gasteiger partial charge in [0.15, 0.2) is 0 Å². The maximum absolute atomic E-state index is 5.96. The molecule has 2 N–H and O–H groups in total. The van der Waals surface area contributed by atoms with E-state index in [9.17, 15) is 0 Å². The van der Waals surface area contributed by atoms with Crippen molar-refractivity contribution >= 4 is 0 Å². The Hall–Kier alpha value is -0.860. The quantitative estimate of drug-likeness (QED) is 0.848. The van der Waals surface area contributed by atoms with E-state index in [0.717, 1.165) is 0 Å². The third-order valence-corrected chi connectivity index (χ3v) is 2.60. The summed E-state index contributed by atoms with van der Waals surface area (Å²) < 4.78 is 5.93. The number of hydrogen-bond acceptors (Lipinski definition) is 2. The molecule has 0 aromatic heterocycles. The van der Waals surface area contributed by atoms with Crippen molar-refractivity contribution < 1.29 is 4.74 Å². The van der Waals surface area contributed by atoms with E-state index in [-0.39, 0.29) is 17.6 Å². The minimum atomic E-state index is 0.0451. The first-order valence-electron chi connectivity index (χ1n) is 5.82. The van der Waals surface area contributed by atoms with E-state index in [0.29, 0.717) is 6.61 Å². The number of nitrogens with two attached hydrogens (primary N) is 1. The Kier molecular flexibility index (Phi) is 4.51. The molecular weight excluding hydrogens is 198 g/mol. The van der Waals surface area contributed by atoms with Crippen LogP contribution in [0.25, 0.3) is 0 Å². The highest BCUT2D eigenvalue weighted by atomic mass is 16.5. The Labute approximate surface area is 98.8 Å². The summed E-state index contributed by atoms with van der Waals surface area (Å²) in [6, 6.07) is 10.2. The molecule has 0 aliphatic rings. The molecule has 0 heterocycles. The minimum absolute atomic E-state index is 0.0451. The molecule has 2 unspecified atom stereocenters. The molecule has 0 fully saturated rings. The van der Waals surface area contributed by atoms with Gasteiger partial charge < -0.3 is 10.5 Å². The maximum atomic E-state index is 5.96. The predicted octanol–water partition coefficient (Wildman–Crippen LogP) is 2.97. The molecule has 0 aliphatic heterocycles. The van der Waals surface area contributed by atoms with Gasteiger partial charge in [-0.15, -0.1) is 0 Å².